The van der Waals surface area contributed by atoms with E-state index < -0.39 is 0 Å². The molecular formula is C9H12N2O2. The summed E-state index contributed by atoms with van der Waals surface area (Å²) in [6.45, 7) is 1.74. The van der Waals surface area contributed by atoms with Gasteiger partial charge in [0.05, 0.1) is 5.56 Å². The molecule has 1 rings (SSSR count). The molecule has 0 atom stereocenters. The molecule has 0 fully saturated rings. The molecule has 0 aliphatic rings. The zero-order chi connectivity index (χ0) is 10.0. The maximum atomic E-state index is 11.5. The van der Waals surface area contributed by atoms with Gasteiger partial charge in [0.25, 0.3) is 5.91 Å². The smallest absolute Gasteiger partial charge is 0.255 e. The molecule has 0 radical (unpaired) electrons. The number of nitrogens with one attached hydrogen (secondary N) is 1. The van der Waals surface area contributed by atoms with E-state index in [2.05, 4.69) is 4.98 Å². The fraction of sp³-hybridized carbons (Fsp3) is 0.333. The Bertz CT molecular complexity index is 379. The summed E-state index contributed by atoms with van der Waals surface area (Å²) in [5.74, 6) is -0.103. The molecule has 0 saturated carbocycles. The Morgan fingerprint density at radius 1 is 1.46 bits per heavy atom. The number of pyridine rings is 1. The van der Waals surface area contributed by atoms with Crippen LogP contribution in [0.2, 0.25) is 0 Å². The van der Waals surface area contributed by atoms with E-state index in [1.807, 2.05) is 0 Å². The lowest BCUT2D eigenvalue weighted by Gasteiger charge is -2.11. The number of hydrogen-bond donors (Lipinski definition) is 1. The first-order chi connectivity index (χ1) is 6.02. The predicted octanol–water partition coefficient (Wildman–Crippen LogP) is 0.385. The van der Waals surface area contributed by atoms with Gasteiger partial charge in [-0.05, 0) is 12.5 Å². The minimum atomic E-state index is -0.187. The number of aromatic nitrogens is 1. The normalized spacial score (nSPS) is 9.77. The van der Waals surface area contributed by atoms with E-state index in [9.17, 15) is 9.59 Å². The summed E-state index contributed by atoms with van der Waals surface area (Å²) in [5, 5.41) is 0. The predicted molar refractivity (Wildman–Crippen MR) is 49.8 cm³/mol. The maximum Gasteiger partial charge on any atom is 0.255 e. The van der Waals surface area contributed by atoms with Crippen LogP contribution in [0.15, 0.2) is 17.1 Å². The highest BCUT2D eigenvalue weighted by molar-refractivity contribution is 5.94. The molecule has 0 bridgehead atoms. The second-order valence-electron chi connectivity index (χ2n) is 3.09. The minimum Gasteiger partial charge on any atom is -0.345 e. The summed E-state index contributed by atoms with van der Waals surface area (Å²) in [5.41, 5.74) is 1.04. The molecule has 4 nitrogen and oxygen atoms in total. The fourth-order valence-corrected chi connectivity index (χ4v) is 1.04. The summed E-state index contributed by atoms with van der Waals surface area (Å²) in [6.07, 6.45) is 1.44. The number of rotatable bonds is 1. The molecule has 0 spiro atoms. The number of carbonyl (C=O) groups excluding carboxylic acids is 1. The van der Waals surface area contributed by atoms with Gasteiger partial charge in [0, 0.05) is 26.4 Å². The second-order valence-corrected chi connectivity index (χ2v) is 3.09. The number of carbonyl (C=O) groups is 1. The average molecular weight is 180 g/mol. The van der Waals surface area contributed by atoms with E-state index in [0.717, 1.165) is 0 Å². The summed E-state index contributed by atoms with van der Waals surface area (Å²) < 4.78 is 0. The van der Waals surface area contributed by atoms with Gasteiger partial charge in [0.15, 0.2) is 0 Å². The van der Waals surface area contributed by atoms with Crippen molar-refractivity contribution in [3.63, 3.8) is 0 Å². The van der Waals surface area contributed by atoms with Crippen LogP contribution in [-0.2, 0) is 0 Å². The van der Waals surface area contributed by atoms with Crippen molar-refractivity contribution in [3.8, 4) is 0 Å². The van der Waals surface area contributed by atoms with Crippen molar-refractivity contribution in [2.45, 2.75) is 6.92 Å². The van der Waals surface area contributed by atoms with Crippen LogP contribution >= 0.6 is 0 Å². The van der Waals surface area contributed by atoms with Crippen molar-refractivity contribution in [1.29, 1.82) is 0 Å². The van der Waals surface area contributed by atoms with E-state index in [1.54, 1.807) is 21.0 Å². The van der Waals surface area contributed by atoms with Crippen LogP contribution in [0.4, 0.5) is 0 Å². The third kappa shape index (κ3) is 1.96. The van der Waals surface area contributed by atoms with Crippen LogP contribution in [0.5, 0.6) is 0 Å². The summed E-state index contributed by atoms with van der Waals surface area (Å²) >= 11 is 0. The first kappa shape index (κ1) is 9.51. The molecular weight excluding hydrogens is 168 g/mol. The minimum absolute atomic E-state index is 0.103. The first-order valence-electron chi connectivity index (χ1n) is 3.93. The zero-order valence-electron chi connectivity index (χ0n) is 7.92. The van der Waals surface area contributed by atoms with Crippen molar-refractivity contribution in [2.75, 3.05) is 14.1 Å². The number of nitrogens with zero attached hydrogens (tertiary/aromatic N) is 1. The monoisotopic (exact) mass is 180 g/mol. The van der Waals surface area contributed by atoms with Gasteiger partial charge in [-0.1, -0.05) is 0 Å². The quantitative estimate of drug-likeness (QED) is 0.679. The van der Waals surface area contributed by atoms with Crippen molar-refractivity contribution in [3.05, 3.63) is 33.7 Å². The van der Waals surface area contributed by atoms with E-state index in [1.165, 1.54) is 17.2 Å². The molecule has 1 aromatic rings. The fourth-order valence-electron chi connectivity index (χ4n) is 1.04. The molecule has 0 saturated heterocycles. The highest BCUT2D eigenvalue weighted by Gasteiger charge is 2.10. The molecule has 70 valence electrons. The third-order valence-corrected chi connectivity index (χ3v) is 1.77. The molecule has 0 unspecified atom stereocenters. The van der Waals surface area contributed by atoms with Crippen molar-refractivity contribution in [2.24, 2.45) is 0 Å². The van der Waals surface area contributed by atoms with E-state index in [-0.39, 0.29) is 11.5 Å². The molecule has 1 amide bonds. The number of H-pyrrole nitrogens is 1. The van der Waals surface area contributed by atoms with E-state index in [0.29, 0.717) is 11.1 Å². The highest BCUT2D eigenvalue weighted by atomic mass is 16.2. The summed E-state index contributed by atoms with van der Waals surface area (Å²) in [7, 11) is 3.35. The van der Waals surface area contributed by atoms with Gasteiger partial charge in [-0.2, -0.15) is 0 Å². The standard InChI is InChI=1S/C9H12N2O2/c1-6-4-8(12)10-5-7(6)9(13)11(2)3/h4-5H,1-3H3,(H,10,12). The third-order valence-electron chi connectivity index (χ3n) is 1.77. The van der Waals surface area contributed by atoms with Gasteiger partial charge in [-0.3, -0.25) is 9.59 Å². The average Bonchev–Trinajstić information content (AvgIpc) is 2.03. The summed E-state index contributed by atoms with van der Waals surface area (Å²) in [4.78, 5) is 26.3. The Morgan fingerprint density at radius 2 is 2.08 bits per heavy atom. The zero-order valence-corrected chi connectivity index (χ0v) is 7.92. The molecule has 13 heavy (non-hydrogen) atoms. The second kappa shape index (κ2) is 3.43. The van der Waals surface area contributed by atoms with Crippen LogP contribution in [0.3, 0.4) is 0 Å². The first-order valence-corrected chi connectivity index (χ1v) is 3.93. The number of aromatic amines is 1. The van der Waals surface area contributed by atoms with Crippen LogP contribution in [-0.4, -0.2) is 29.9 Å². The topological polar surface area (TPSA) is 53.2 Å². The van der Waals surface area contributed by atoms with Crippen LogP contribution in [0.1, 0.15) is 15.9 Å². The van der Waals surface area contributed by atoms with Gasteiger partial charge in [0.1, 0.15) is 0 Å². The van der Waals surface area contributed by atoms with Crippen LogP contribution in [0.25, 0.3) is 0 Å². The van der Waals surface area contributed by atoms with Gasteiger partial charge in [-0.25, -0.2) is 0 Å². The molecule has 1 heterocycles. The maximum absolute atomic E-state index is 11.5. The lowest BCUT2D eigenvalue weighted by Crippen LogP contribution is -2.23. The van der Waals surface area contributed by atoms with Crippen molar-refractivity contribution < 1.29 is 4.79 Å². The Morgan fingerprint density at radius 3 is 2.54 bits per heavy atom. The van der Waals surface area contributed by atoms with Crippen LogP contribution in [0, 0.1) is 6.92 Å². The molecule has 0 aliphatic carbocycles. The Hall–Kier alpha value is -1.58. The van der Waals surface area contributed by atoms with Gasteiger partial charge >= 0.3 is 0 Å². The largest absolute Gasteiger partial charge is 0.345 e. The SMILES string of the molecule is Cc1cc(=O)[nH]cc1C(=O)N(C)C. The molecule has 4 heteroatoms. The number of hydrogen-bond acceptors (Lipinski definition) is 2. The van der Waals surface area contributed by atoms with Gasteiger partial charge in [0.2, 0.25) is 5.56 Å². The number of aryl methyl sites for hydroxylation is 1. The van der Waals surface area contributed by atoms with Crippen molar-refractivity contribution in [1.82, 2.24) is 9.88 Å². The lowest BCUT2D eigenvalue weighted by molar-refractivity contribution is 0.0826. The molecule has 1 N–H and O–H groups in total. The Balaban J connectivity index is 3.16. The molecule has 1 aromatic heterocycles. The molecule has 0 aliphatic heterocycles. The Labute approximate surface area is 76.2 Å². The Kier molecular flexibility index (Phi) is 2.51. The number of amides is 1. The van der Waals surface area contributed by atoms with Crippen molar-refractivity contribution >= 4 is 5.91 Å². The highest BCUT2D eigenvalue weighted by Crippen LogP contribution is 2.04. The van der Waals surface area contributed by atoms with E-state index >= 15 is 0 Å². The van der Waals surface area contributed by atoms with Gasteiger partial charge in [-0.15, -0.1) is 0 Å². The van der Waals surface area contributed by atoms with Gasteiger partial charge < -0.3 is 9.88 Å². The molecule has 0 aromatic carbocycles. The summed E-state index contributed by atoms with van der Waals surface area (Å²) in [6, 6.07) is 1.41. The van der Waals surface area contributed by atoms with E-state index in [4.69, 9.17) is 0 Å². The van der Waals surface area contributed by atoms with Crippen LogP contribution < -0.4 is 5.56 Å². The lowest BCUT2D eigenvalue weighted by atomic mass is 10.1.